The van der Waals surface area contributed by atoms with Gasteiger partial charge in [-0.15, -0.1) is 0 Å². The van der Waals surface area contributed by atoms with E-state index in [4.69, 9.17) is 9.47 Å². The zero-order valence-electron chi connectivity index (χ0n) is 11.0. The fraction of sp³-hybridized carbons (Fsp3) is 0.923. The Morgan fingerprint density at radius 2 is 2.00 bits per heavy atom. The van der Waals surface area contributed by atoms with E-state index in [1.54, 1.807) is 7.11 Å². The summed E-state index contributed by atoms with van der Waals surface area (Å²) >= 11 is 0. The molecule has 0 aromatic carbocycles. The number of carbonyl (C=O) groups excluding carboxylic acids is 1. The Bertz CT molecular complexity index is 213. The number of carbonyl (C=O) groups is 1. The summed E-state index contributed by atoms with van der Waals surface area (Å²) in [6.07, 6.45) is 6.48. The first-order valence-corrected chi connectivity index (χ1v) is 6.68. The zero-order chi connectivity index (χ0) is 12.5. The number of rotatable bonds is 7. The van der Waals surface area contributed by atoms with Gasteiger partial charge in [-0.25, -0.2) is 0 Å². The maximum absolute atomic E-state index is 11.1. The SMILES string of the molecule is CCOC(=O)CCCNC1CCC(OC)CC1. The third kappa shape index (κ3) is 6.03. The second-order valence-corrected chi connectivity index (χ2v) is 4.57. The van der Waals surface area contributed by atoms with E-state index < -0.39 is 0 Å². The Kier molecular flexibility index (Phi) is 7.21. The summed E-state index contributed by atoms with van der Waals surface area (Å²) in [5, 5.41) is 3.50. The first-order chi connectivity index (χ1) is 8.26. The summed E-state index contributed by atoms with van der Waals surface area (Å²) in [6, 6.07) is 0.601. The molecule has 17 heavy (non-hydrogen) atoms. The number of methoxy groups -OCH3 is 1. The van der Waals surface area contributed by atoms with Crippen molar-refractivity contribution < 1.29 is 14.3 Å². The molecule has 0 unspecified atom stereocenters. The number of hydrogen-bond acceptors (Lipinski definition) is 4. The lowest BCUT2D eigenvalue weighted by molar-refractivity contribution is -0.143. The molecule has 1 aliphatic rings. The normalized spacial score (nSPS) is 24.6. The van der Waals surface area contributed by atoms with Gasteiger partial charge in [0.15, 0.2) is 0 Å². The number of hydrogen-bond donors (Lipinski definition) is 1. The second kappa shape index (κ2) is 8.48. The predicted octanol–water partition coefficient (Wildman–Crippen LogP) is 1.88. The highest BCUT2D eigenvalue weighted by molar-refractivity contribution is 5.69. The molecule has 1 N–H and O–H groups in total. The van der Waals surface area contributed by atoms with Crippen LogP contribution in [0.15, 0.2) is 0 Å². The van der Waals surface area contributed by atoms with E-state index in [9.17, 15) is 4.79 Å². The Balaban J connectivity index is 1.98. The number of esters is 1. The summed E-state index contributed by atoms with van der Waals surface area (Å²) in [4.78, 5) is 11.1. The molecule has 0 bridgehead atoms. The maximum Gasteiger partial charge on any atom is 0.305 e. The van der Waals surface area contributed by atoms with Gasteiger partial charge in [-0.2, -0.15) is 0 Å². The van der Waals surface area contributed by atoms with Crippen LogP contribution in [0.1, 0.15) is 45.4 Å². The van der Waals surface area contributed by atoms with Crippen LogP contribution in [0.4, 0.5) is 0 Å². The van der Waals surface area contributed by atoms with E-state index in [0.717, 1.165) is 25.8 Å². The molecule has 0 heterocycles. The van der Waals surface area contributed by atoms with E-state index in [1.807, 2.05) is 6.92 Å². The Hall–Kier alpha value is -0.610. The molecule has 4 nitrogen and oxygen atoms in total. The minimum Gasteiger partial charge on any atom is -0.466 e. The van der Waals surface area contributed by atoms with Crippen LogP contribution in [0.5, 0.6) is 0 Å². The quantitative estimate of drug-likeness (QED) is 0.548. The lowest BCUT2D eigenvalue weighted by Crippen LogP contribution is -2.35. The van der Waals surface area contributed by atoms with Gasteiger partial charge in [0.25, 0.3) is 0 Å². The average molecular weight is 243 g/mol. The van der Waals surface area contributed by atoms with Crippen molar-refractivity contribution in [2.75, 3.05) is 20.3 Å². The molecular weight excluding hydrogens is 218 g/mol. The van der Waals surface area contributed by atoms with Crippen molar-refractivity contribution in [3.05, 3.63) is 0 Å². The van der Waals surface area contributed by atoms with Crippen LogP contribution in [0.2, 0.25) is 0 Å². The van der Waals surface area contributed by atoms with Crippen LogP contribution >= 0.6 is 0 Å². The first kappa shape index (κ1) is 14.5. The summed E-state index contributed by atoms with van der Waals surface area (Å²) in [5.41, 5.74) is 0. The topological polar surface area (TPSA) is 47.6 Å². The molecule has 100 valence electrons. The molecule has 0 spiro atoms. The second-order valence-electron chi connectivity index (χ2n) is 4.57. The molecule has 1 rings (SSSR count). The van der Waals surface area contributed by atoms with Crippen molar-refractivity contribution in [2.24, 2.45) is 0 Å². The molecule has 4 heteroatoms. The summed E-state index contributed by atoms with van der Waals surface area (Å²) in [6.45, 7) is 3.22. The number of ether oxygens (including phenoxy) is 2. The van der Waals surface area contributed by atoms with E-state index in [1.165, 1.54) is 12.8 Å². The maximum atomic E-state index is 11.1. The summed E-state index contributed by atoms with van der Waals surface area (Å²) in [5.74, 6) is -0.0857. The third-order valence-corrected chi connectivity index (χ3v) is 3.30. The molecule has 0 aromatic heterocycles. The highest BCUT2D eigenvalue weighted by Crippen LogP contribution is 2.20. The molecule has 0 atom stereocenters. The lowest BCUT2D eigenvalue weighted by Gasteiger charge is -2.28. The fourth-order valence-corrected chi connectivity index (χ4v) is 2.27. The van der Waals surface area contributed by atoms with Crippen LogP contribution in [0.25, 0.3) is 0 Å². The van der Waals surface area contributed by atoms with Crippen molar-refractivity contribution in [3.63, 3.8) is 0 Å². The van der Waals surface area contributed by atoms with Crippen LogP contribution < -0.4 is 5.32 Å². The average Bonchev–Trinajstić information content (AvgIpc) is 2.36. The Morgan fingerprint density at radius 3 is 2.59 bits per heavy atom. The Labute approximate surface area is 104 Å². The zero-order valence-corrected chi connectivity index (χ0v) is 11.0. The molecule has 0 saturated heterocycles. The monoisotopic (exact) mass is 243 g/mol. The predicted molar refractivity (Wildman–Crippen MR) is 66.9 cm³/mol. The van der Waals surface area contributed by atoms with Gasteiger partial charge in [0.2, 0.25) is 0 Å². The van der Waals surface area contributed by atoms with E-state index in [2.05, 4.69) is 5.32 Å². The van der Waals surface area contributed by atoms with E-state index in [0.29, 0.717) is 25.2 Å². The van der Waals surface area contributed by atoms with Gasteiger partial charge >= 0.3 is 5.97 Å². The Morgan fingerprint density at radius 1 is 1.29 bits per heavy atom. The molecule has 0 radical (unpaired) electrons. The van der Waals surface area contributed by atoms with Crippen LogP contribution in [-0.2, 0) is 14.3 Å². The fourth-order valence-electron chi connectivity index (χ4n) is 2.27. The van der Waals surface area contributed by atoms with E-state index in [-0.39, 0.29) is 5.97 Å². The van der Waals surface area contributed by atoms with Crippen molar-refractivity contribution >= 4 is 5.97 Å². The van der Waals surface area contributed by atoms with Crippen molar-refractivity contribution in [1.29, 1.82) is 0 Å². The molecule has 1 fully saturated rings. The van der Waals surface area contributed by atoms with Gasteiger partial charge in [-0.05, 0) is 45.6 Å². The van der Waals surface area contributed by atoms with Crippen molar-refractivity contribution in [1.82, 2.24) is 5.32 Å². The van der Waals surface area contributed by atoms with Crippen LogP contribution in [0.3, 0.4) is 0 Å². The van der Waals surface area contributed by atoms with E-state index >= 15 is 0 Å². The van der Waals surface area contributed by atoms with Gasteiger partial charge in [-0.1, -0.05) is 0 Å². The minimum absolute atomic E-state index is 0.0857. The number of nitrogens with one attached hydrogen (secondary N) is 1. The molecule has 0 aliphatic heterocycles. The van der Waals surface area contributed by atoms with Crippen molar-refractivity contribution in [2.45, 2.75) is 57.6 Å². The summed E-state index contributed by atoms with van der Waals surface area (Å²) in [7, 11) is 1.79. The third-order valence-electron chi connectivity index (χ3n) is 3.30. The first-order valence-electron chi connectivity index (χ1n) is 6.68. The van der Waals surface area contributed by atoms with Gasteiger partial charge in [-0.3, -0.25) is 4.79 Å². The van der Waals surface area contributed by atoms with Gasteiger partial charge in [0, 0.05) is 19.6 Å². The molecule has 1 saturated carbocycles. The van der Waals surface area contributed by atoms with Gasteiger partial charge in [0.05, 0.1) is 12.7 Å². The largest absolute Gasteiger partial charge is 0.466 e. The smallest absolute Gasteiger partial charge is 0.305 e. The van der Waals surface area contributed by atoms with Crippen LogP contribution in [-0.4, -0.2) is 38.4 Å². The highest BCUT2D eigenvalue weighted by Gasteiger charge is 2.19. The highest BCUT2D eigenvalue weighted by atomic mass is 16.5. The van der Waals surface area contributed by atoms with Gasteiger partial charge in [0.1, 0.15) is 0 Å². The molecule has 0 amide bonds. The van der Waals surface area contributed by atoms with Crippen molar-refractivity contribution in [3.8, 4) is 0 Å². The minimum atomic E-state index is -0.0857. The van der Waals surface area contributed by atoms with Crippen LogP contribution in [0, 0.1) is 0 Å². The molecule has 0 aromatic rings. The molecule has 1 aliphatic carbocycles. The molecular formula is C13H25NO3. The van der Waals surface area contributed by atoms with Gasteiger partial charge < -0.3 is 14.8 Å². The lowest BCUT2D eigenvalue weighted by atomic mass is 9.93. The summed E-state index contributed by atoms with van der Waals surface area (Å²) < 4.78 is 10.2. The standard InChI is InChI=1S/C13H25NO3/c1-3-17-13(15)5-4-10-14-11-6-8-12(16-2)9-7-11/h11-12,14H,3-10H2,1-2H3.